The standard InChI is InChI=1S/C23H39N5O.HI/c1-3-27(21-10-5-4-6-11-21)15-9-14-25-22(24-2)26-20-23(12-18-29-19-13-23)28-16-7-8-17-28;/h4-6,10-11H,3,7-9,12-20H2,1-2H3,(H2,24,25,26);1H. The first-order valence-corrected chi connectivity index (χ1v) is 11.3. The number of hydrogen-bond acceptors (Lipinski definition) is 4. The van der Waals surface area contributed by atoms with E-state index in [1.54, 1.807) is 0 Å². The quantitative estimate of drug-likeness (QED) is 0.223. The molecule has 2 saturated heterocycles. The Hall–Kier alpha value is -1.06. The Balaban J connectivity index is 0.00000320. The molecule has 0 saturated carbocycles. The molecule has 3 rings (SSSR count). The molecule has 6 nitrogen and oxygen atoms in total. The van der Waals surface area contributed by atoms with Crippen molar-refractivity contribution in [2.45, 2.75) is 44.6 Å². The van der Waals surface area contributed by atoms with Gasteiger partial charge in [0.25, 0.3) is 0 Å². The van der Waals surface area contributed by atoms with Gasteiger partial charge in [0.15, 0.2) is 5.96 Å². The van der Waals surface area contributed by atoms with Crippen LogP contribution in [0.5, 0.6) is 0 Å². The molecule has 7 heteroatoms. The third-order valence-electron chi connectivity index (χ3n) is 6.41. The Kier molecular flexibility index (Phi) is 11.2. The largest absolute Gasteiger partial charge is 0.381 e. The number of guanidine groups is 1. The summed E-state index contributed by atoms with van der Waals surface area (Å²) in [5, 5.41) is 7.13. The van der Waals surface area contributed by atoms with Crippen LogP contribution in [-0.4, -0.2) is 75.9 Å². The summed E-state index contributed by atoms with van der Waals surface area (Å²) in [5.74, 6) is 0.915. The van der Waals surface area contributed by atoms with E-state index in [9.17, 15) is 0 Å². The molecule has 30 heavy (non-hydrogen) atoms. The zero-order chi connectivity index (χ0) is 20.4. The summed E-state index contributed by atoms with van der Waals surface area (Å²) in [6.45, 7) is 10.3. The van der Waals surface area contributed by atoms with Crippen LogP contribution in [0.15, 0.2) is 35.3 Å². The Labute approximate surface area is 199 Å². The first-order valence-electron chi connectivity index (χ1n) is 11.3. The first-order chi connectivity index (χ1) is 14.3. The van der Waals surface area contributed by atoms with Gasteiger partial charge in [-0.05, 0) is 64.3 Å². The number of anilines is 1. The predicted octanol–water partition coefficient (Wildman–Crippen LogP) is 3.33. The van der Waals surface area contributed by atoms with E-state index in [1.165, 1.54) is 31.6 Å². The van der Waals surface area contributed by atoms with E-state index in [4.69, 9.17) is 4.74 Å². The molecule has 0 unspecified atom stereocenters. The highest BCUT2D eigenvalue weighted by Gasteiger charge is 2.39. The number of rotatable bonds is 9. The second-order valence-corrected chi connectivity index (χ2v) is 8.15. The number of benzene rings is 1. The van der Waals surface area contributed by atoms with Crippen molar-refractivity contribution in [2.75, 3.05) is 64.4 Å². The number of aliphatic imine (C=N–C) groups is 1. The fourth-order valence-electron chi connectivity index (χ4n) is 4.60. The highest BCUT2D eigenvalue weighted by Crippen LogP contribution is 2.30. The molecule has 0 bridgehead atoms. The van der Waals surface area contributed by atoms with Crippen molar-refractivity contribution >= 4 is 35.6 Å². The lowest BCUT2D eigenvalue weighted by atomic mass is 9.88. The summed E-state index contributed by atoms with van der Waals surface area (Å²) >= 11 is 0. The number of para-hydroxylation sites is 1. The minimum atomic E-state index is 0. The van der Waals surface area contributed by atoms with Crippen molar-refractivity contribution in [1.29, 1.82) is 0 Å². The highest BCUT2D eigenvalue weighted by molar-refractivity contribution is 14.0. The van der Waals surface area contributed by atoms with E-state index in [0.717, 1.165) is 64.6 Å². The van der Waals surface area contributed by atoms with Gasteiger partial charge in [-0.3, -0.25) is 9.89 Å². The minimum absolute atomic E-state index is 0. The van der Waals surface area contributed by atoms with E-state index in [1.807, 2.05) is 7.05 Å². The van der Waals surface area contributed by atoms with Crippen LogP contribution in [0.25, 0.3) is 0 Å². The third-order valence-corrected chi connectivity index (χ3v) is 6.41. The van der Waals surface area contributed by atoms with Gasteiger partial charge in [-0.2, -0.15) is 0 Å². The second kappa shape index (κ2) is 13.4. The molecule has 0 aromatic heterocycles. The lowest BCUT2D eigenvalue weighted by molar-refractivity contribution is -0.0164. The van der Waals surface area contributed by atoms with Crippen molar-refractivity contribution in [3.8, 4) is 0 Å². The average molecular weight is 530 g/mol. The molecule has 0 amide bonds. The molecule has 2 fully saturated rings. The van der Waals surface area contributed by atoms with Crippen LogP contribution in [0.4, 0.5) is 5.69 Å². The number of ether oxygens (including phenoxy) is 1. The number of nitrogens with one attached hydrogen (secondary N) is 2. The lowest BCUT2D eigenvalue weighted by Gasteiger charge is -2.45. The van der Waals surface area contributed by atoms with Crippen molar-refractivity contribution in [3.63, 3.8) is 0 Å². The first kappa shape index (κ1) is 25.2. The smallest absolute Gasteiger partial charge is 0.191 e. The molecule has 2 aliphatic rings. The van der Waals surface area contributed by atoms with E-state index >= 15 is 0 Å². The maximum absolute atomic E-state index is 5.66. The maximum Gasteiger partial charge on any atom is 0.191 e. The van der Waals surface area contributed by atoms with E-state index < -0.39 is 0 Å². The van der Waals surface area contributed by atoms with Gasteiger partial charge in [0.05, 0.1) is 0 Å². The summed E-state index contributed by atoms with van der Waals surface area (Å²) < 4.78 is 5.66. The Morgan fingerprint density at radius 3 is 2.47 bits per heavy atom. The third kappa shape index (κ3) is 6.99. The zero-order valence-corrected chi connectivity index (χ0v) is 21.1. The van der Waals surface area contributed by atoms with Gasteiger partial charge in [-0.15, -0.1) is 24.0 Å². The summed E-state index contributed by atoms with van der Waals surface area (Å²) in [5.41, 5.74) is 1.52. The minimum Gasteiger partial charge on any atom is -0.381 e. The maximum atomic E-state index is 5.66. The average Bonchev–Trinajstić information content (AvgIpc) is 3.33. The topological polar surface area (TPSA) is 52.1 Å². The van der Waals surface area contributed by atoms with Crippen LogP contribution in [0.1, 0.15) is 39.0 Å². The molecular weight excluding hydrogens is 489 g/mol. The van der Waals surface area contributed by atoms with Crippen LogP contribution < -0.4 is 15.5 Å². The number of likely N-dealkylation sites (tertiary alicyclic amines) is 1. The molecule has 2 aliphatic heterocycles. The molecule has 0 radical (unpaired) electrons. The van der Waals surface area contributed by atoms with Crippen molar-refractivity contribution in [3.05, 3.63) is 30.3 Å². The predicted molar refractivity (Wildman–Crippen MR) is 137 cm³/mol. The van der Waals surface area contributed by atoms with Gasteiger partial charge in [0.2, 0.25) is 0 Å². The van der Waals surface area contributed by atoms with Crippen LogP contribution in [-0.2, 0) is 4.74 Å². The summed E-state index contributed by atoms with van der Waals surface area (Å²) in [4.78, 5) is 9.56. The summed E-state index contributed by atoms with van der Waals surface area (Å²) in [6, 6.07) is 10.6. The summed E-state index contributed by atoms with van der Waals surface area (Å²) in [7, 11) is 1.87. The van der Waals surface area contributed by atoms with Gasteiger partial charge in [0, 0.05) is 57.7 Å². The molecule has 170 valence electrons. The van der Waals surface area contributed by atoms with E-state index in [0.29, 0.717) is 0 Å². The monoisotopic (exact) mass is 529 g/mol. The van der Waals surface area contributed by atoms with E-state index in [-0.39, 0.29) is 29.5 Å². The lowest BCUT2D eigenvalue weighted by Crippen LogP contribution is -2.58. The second-order valence-electron chi connectivity index (χ2n) is 8.15. The van der Waals surface area contributed by atoms with Crippen LogP contribution >= 0.6 is 24.0 Å². The highest BCUT2D eigenvalue weighted by atomic mass is 127. The fraction of sp³-hybridized carbons (Fsp3) is 0.696. The zero-order valence-electron chi connectivity index (χ0n) is 18.7. The van der Waals surface area contributed by atoms with Gasteiger partial charge in [0.1, 0.15) is 0 Å². The molecule has 2 N–H and O–H groups in total. The Morgan fingerprint density at radius 2 is 1.83 bits per heavy atom. The van der Waals surface area contributed by atoms with Gasteiger partial charge >= 0.3 is 0 Å². The molecule has 1 aromatic rings. The molecule has 2 heterocycles. The van der Waals surface area contributed by atoms with E-state index in [2.05, 4.69) is 62.7 Å². The SMILES string of the molecule is CCN(CCCNC(=NC)NCC1(N2CCCC2)CCOCC1)c1ccccc1.I. The summed E-state index contributed by atoms with van der Waals surface area (Å²) in [6.07, 6.45) is 5.95. The fourth-order valence-corrected chi connectivity index (χ4v) is 4.60. The number of hydrogen-bond donors (Lipinski definition) is 2. The van der Waals surface area contributed by atoms with Crippen molar-refractivity contribution in [2.24, 2.45) is 4.99 Å². The van der Waals surface area contributed by atoms with Gasteiger partial charge in [-0.25, -0.2) is 0 Å². The van der Waals surface area contributed by atoms with Crippen molar-refractivity contribution < 1.29 is 4.74 Å². The Bertz CT molecular complexity index is 615. The Morgan fingerprint density at radius 1 is 1.13 bits per heavy atom. The molecule has 1 aromatic carbocycles. The number of nitrogens with zero attached hydrogens (tertiary/aromatic N) is 3. The molecule has 0 spiro atoms. The van der Waals surface area contributed by atoms with Gasteiger partial charge < -0.3 is 20.3 Å². The van der Waals surface area contributed by atoms with Crippen LogP contribution in [0.2, 0.25) is 0 Å². The number of halogens is 1. The van der Waals surface area contributed by atoms with Crippen molar-refractivity contribution in [1.82, 2.24) is 15.5 Å². The van der Waals surface area contributed by atoms with Crippen LogP contribution in [0.3, 0.4) is 0 Å². The normalized spacial score (nSPS) is 19.2. The molecule has 0 aliphatic carbocycles. The molecular formula is C23H40IN5O. The van der Waals surface area contributed by atoms with Gasteiger partial charge in [-0.1, -0.05) is 18.2 Å². The molecule has 0 atom stereocenters. The van der Waals surface area contributed by atoms with Crippen LogP contribution in [0, 0.1) is 0 Å².